The predicted molar refractivity (Wildman–Crippen MR) is 99.4 cm³/mol. The molecule has 2 aromatic rings. The van der Waals surface area contributed by atoms with Gasteiger partial charge in [0.15, 0.2) is 11.5 Å². The van der Waals surface area contributed by atoms with Crippen LogP contribution in [-0.2, 0) is 6.54 Å². The van der Waals surface area contributed by atoms with E-state index in [2.05, 4.69) is 15.4 Å². The first-order valence-corrected chi connectivity index (χ1v) is 8.86. The summed E-state index contributed by atoms with van der Waals surface area (Å²) in [6, 6.07) is 9.04. The Morgan fingerprint density at radius 3 is 2.57 bits per heavy atom. The van der Waals surface area contributed by atoms with E-state index < -0.39 is 12.4 Å². The van der Waals surface area contributed by atoms with Gasteiger partial charge in [0.1, 0.15) is 5.82 Å². The average molecular weight is 396 g/mol. The summed E-state index contributed by atoms with van der Waals surface area (Å²) in [6.07, 6.45) is 0. The van der Waals surface area contributed by atoms with E-state index in [-0.39, 0.29) is 23.0 Å². The summed E-state index contributed by atoms with van der Waals surface area (Å²) in [5.41, 5.74) is 1.56. The number of hydrogen-bond donors (Lipinski definition) is 2. The Hall–Kier alpha value is -2.74. The van der Waals surface area contributed by atoms with Crippen LogP contribution < -0.4 is 20.1 Å². The molecule has 0 bridgehead atoms. The zero-order valence-electron chi connectivity index (χ0n) is 15.7. The maximum Gasteiger partial charge on any atom is 0.387 e. The van der Waals surface area contributed by atoms with E-state index in [1.807, 2.05) is 0 Å². The van der Waals surface area contributed by atoms with Crippen molar-refractivity contribution in [1.82, 2.24) is 10.6 Å². The number of nitrogens with one attached hydrogen (secondary N) is 2. The van der Waals surface area contributed by atoms with Gasteiger partial charge in [-0.1, -0.05) is 12.1 Å². The maximum atomic E-state index is 13.5. The summed E-state index contributed by atoms with van der Waals surface area (Å²) >= 11 is 0. The zero-order chi connectivity index (χ0) is 20.5. The van der Waals surface area contributed by atoms with Crippen LogP contribution in [-0.4, -0.2) is 32.2 Å². The first-order chi connectivity index (χ1) is 13.4. The number of carbonyl (C=O) groups is 1. The molecule has 5 nitrogen and oxygen atoms in total. The number of halogens is 3. The van der Waals surface area contributed by atoms with Crippen molar-refractivity contribution in [3.8, 4) is 11.5 Å². The molecule has 0 saturated carbocycles. The van der Waals surface area contributed by atoms with Gasteiger partial charge in [0.05, 0.1) is 6.61 Å². The largest absolute Gasteiger partial charge is 0.490 e. The van der Waals surface area contributed by atoms with Crippen molar-refractivity contribution in [2.45, 2.75) is 27.0 Å². The van der Waals surface area contributed by atoms with Crippen LogP contribution in [0.2, 0.25) is 0 Å². The fourth-order valence-electron chi connectivity index (χ4n) is 2.46. The van der Waals surface area contributed by atoms with Crippen LogP contribution in [0.1, 0.15) is 28.4 Å². The molecule has 2 aromatic carbocycles. The van der Waals surface area contributed by atoms with Crippen LogP contribution in [0.25, 0.3) is 0 Å². The SMILES string of the molecule is CCOc1cc(CNCCNC(=O)c2ccc(C)c(F)c2)ccc1OC(F)F. The van der Waals surface area contributed by atoms with E-state index in [0.717, 1.165) is 5.56 Å². The van der Waals surface area contributed by atoms with E-state index in [1.165, 1.54) is 12.1 Å². The summed E-state index contributed by atoms with van der Waals surface area (Å²) in [7, 11) is 0. The third-order valence-electron chi connectivity index (χ3n) is 3.87. The number of rotatable bonds is 10. The zero-order valence-corrected chi connectivity index (χ0v) is 15.7. The van der Waals surface area contributed by atoms with Crippen LogP contribution in [0.3, 0.4) is 0 Å². The highest BCUT2D eigenvalue weighted by Crippen LogP contribution is 2.29. The van der Waals surface area contributed by atoms with Crippen LogP contribution in [0, 0.1) is 12.7 Å². The smallest absolute Gasteiger partial charge is 0.387 e. The van der Waals surface area contributed by atoms with Gasteiger partial charge in [0.2, 0.25) is 0 Å². The Kier molecular flexibility index (Phi) is 8.13. The molecule has 0 atom stereocenters. The van der Waals surface area contributed by atoms with Crippen LogP contribution in [0.15, 0.2) is 36.4 Å². The summed E-state index contributed by atoms with van der Waals surface area (Å²) < 4.78 is 48.1. The van der Waals surface area contributed by atoms with E-state index >= 15 is 0 Å². The van der Waals surface area contributed by atoms with Gasteiger partial charge in [-0.3, -0.25) is 4.79 Å². The number of carbonyl (C=O) groups excluding carboxylic acids is 1. The third kappa shape index (κ3) is 6.45. The van der Waals surface area contributed by atoms with Crippen LogP contribution in [0.4, 0.5) is 13.2 Å². The maximum absolute atomic E-state index is 13.5. The number of amides is 1. The lowest BCUT2D eigenvalue weighted by Gasteiger charge is -2.13. The standard InChI is InChI=1S/C20H23F3N2O3/c1-3-27-18-10-14(5-7-17(18)28-20(22)23)12-24-8-9-25-19(26)15-6-4-13(2)16(21)11-15/h4-7,10-11,20,24H,3,8-9,12H2,1-2H3,(H,25,26). The first kappa shape index (κ1) is 21.6. The molecule has 2 N–H and O–H groups in total. The minimum absolute atomic E-state index is 0.0156. The van der Waals surface area contributed by atoms with Gasteiger partial charge >= 0.3 is 6.61 Å². The molecule has 0 spiro atoms. The monoisotopic (exact) mass is 396 g/mol. The van der Waals surface area contributed by atoms with Crippen molar-refractivity contribution in [3.63, 3.8) is 0 Å². The molecule has 2 rings (SSSR count). The molecular weight excluding hydrogens is 373 g/mol. The Morgan fingerprint density at radius 1 is 1.11 bits per heavy atom. The Morgan fingerprint density at radius 2 is 1.89 bits per heavy atom. The lowest BCUT2D eigenvalue weighted by atomic mass is 10.1. The van der Waals surface area contributed by atoms with Gasteiger partial charge in [-0.25, -0.2) is 4.39 Å². The highest BCUT2D eigenvalue weighted by Gasteiger charge is 2.11. The fourth-order valence-corrected chi connectivity index (χ4v) is 2.46. The van der Waals surface area contributed by atoms with Gasteiger partial charge in [-0.15, -0.1) is 0 Å². The van der Waals surface area contributed by atoms with Gasteiger partial charge in [-0.2, -0.15) is 8.78 Å². The lowest BCUT2D eigenvalue weighted by molar-refractivity contribution is -0.0514. The van der Waals surface area contributed by atoms with E-state index in [1.54, 1.807) is 38.1 Å². The normalized spacial score (nSPS) is 10.8. The number of ether oxygens (including phenoxy) is 2. The highest BCUT2D eigenvalue weighted by atomic mass is 19.3. The minimum Gasteiger partial charge on any atom is -0.490 e. The average Bonchev–Trinajstić information content (AvgIpc) is 2.65. The van der Waals surface area contributed by atoms with Crippen molar-refractivity contribution >= 4 is 5.91 Å². The summed E-state index contributed by atoms with van der Waals surface area (Å²) in [6.45, 7) is 2.04. The molecule has 0 heterocycles. The second kappa shape index (κ2) is 10.6. The number of alkyl halides is 2. The molecular formula is C20H23F3N2O3. The Labute approximate surface area is 161 Å². The second-order valence-electron chi connectivity index (χ2n) is 5.99. The summed E-state index contributed by atoms with van der Waals surface area (Å²) in [5.74, 6) is -0.544. The summed E-state index contributed by atoms with van der Waals surface area (Å²) in [4.78, 5) is 12.0. The Balaban J connectivity index is 1.80. The topological polar surface area (TPSA) is 59.6 Å². The van der Waals surface area contributed by atoms with Gasteiger partial charge in [0, 0.05) is 25.2 Å². The quantitative estimate of drug-likeness (QED) is 0.602. The van der Waals surface area contributed by atoms with Crippen molar-refractivity contribution in [3.05, 3.63) is 58.9 Å². The fraction of sp³-hybridized carbons (Fsp3) is 0.350. The molecule has 0 radical (unpaired) electrons. The van der Waals surface area contributed by atoms with Crippen molar-refractivity contribution in [2.24, 2.45) is 0 Å². The molecule has 152 valence electrons. The number of benzene rings is 2. The second-order valence-corrected chi connectivity index (χ2v) is 5.99. The third-order valence-corrected chi connectivity index (χ3v) is 3.87. The lowest BCUT2D eigenvalue weighted by Crippen LogP contribution is -2.31. The molecule has 8 heteroatoms. The van der Waals surface area contributed by atoms with Gasteiger partial charge in [-0.05, 0) is 49.2 Å². The van der Waals surface area contributed by atoms with Crippen molar-refractivity contribution < 1.29 is 27.4 Å². The number of hydrogen-bond acceptors (Lipinski definition) is 4. The molecule has 0 saturated heterocycles. The van der Waals surface area contributed by atoms with E-state index in [9.17, 15) is 18.0 Å². The minimum atomic E-state index is -2.92. The molecule has 0 aliphatic heterocycles. The number of aryl methyl sites for hydroxylation is 1. The van der Waals surface area contributed by atoms with Crippen LogP contribution in [0.5, 0.6) is 11.5 Å². The Bertz CT molecular complexity index is 800. The molecule has 1 amide bonds. The molecule has 0 aromatic heterocycles. The molecule has 0 unspecified atom stereocenters. The molecule has 0 fully saturated rings. The van der Waals surface area contributed by atoms with Crippen molar-refractivity contribution in [1.29, 1.82) is 0 Å². The highest BCUT2D eigenvalue weighted by molar-refractivity contribution is 5.94. The van der Waals surface area contributed by atoms with Crippen LogP contribution >= 0.6 is 0 Å². The molecule has 0 aliphatic rings. The van der Waals surface area contributed by atoms with Crippen molar-refractivity contribution in [2.75, 3.05) is 19.7 Å². The van der Waals surface area contributed by atoms with Gasteiger partial charge in [0.25, 0.3) is 5.91 Å². The van der Waals surface area contributed by atoms with E-state index in [0.29, 0.717) is 31.8 Å². The first-order valence-electron chi connectivity index (χ1n) is 8.86. The van der Waals surface area contributed by atoms with Gasteiger partial charge < -0.3 is 20.1 Å². The molecule has 28 heavy (non-hydrogen) atoms. The van der Waals surface area contributed by atoms with E-state index in [4.69, 9.17) is 4.74 Å². The molecule has 0 aliphatic carbocycles. The predicted octanol–water partition coefficient (Wildman–Crippen LogP) is 3.65. The summed E-state index contributed by atoms with van der Waals surface area (Å²) in [5, 5.41) is 5.82.